The molecule has 4 rings (SSSR count). The summed E-state index contributed by atoms with van der Waals surface area (Å²) in [6.45, 7) is 8.34. The number of furan rings is 1. The van der Waals surface area contributed by atoms with Gasteiger partial charge in [-0.05, 0) is 44.0 Å². The quantitative estimate of drug-likeness (QED) is 0.812. The number of hydrogen-bond acceptors (Lipinski definition) is 5. The van der Waals surface area contributed by atoms with Crippen LogP contribution in [0.4, 0.5) is 0 Å². The third kappa shape index (κ3) is 4.21. The largest absolute Gasteiger partial charge is 0.468 e. The van der Waals surface area contributed by atoms with E-state index in [-0.39, 0.29) is 11.8 Å². The van der Waals surface area contributed by atoms with Crippen LogP contribution in [0.1, 0.15) is 49.5 Å². The molecule has 2 aliphatic rings. The molecule has 1 amide bonds. The van der Waals surface area contributed by atoms with Gasteiger partial charge in [-0.1, -0.05) is 13.8 Å². The molecule has 0 bridgehead atoms. The molecule has 0 saturated carbocycles. The number of piperidine rings is 1. The van der Waals surface area contributed by atoms with Crippen LogP contribution in [0.25, 0.3) is 0 Å². The van der Waals surface area contributed by atoms with Crippen molar-refractivity contribution in [2.24, 2.45) is 11.8 Å². The first-order valence-electron chi connectivity index (χ1n) is 9.95. The number of aromatic nitrogens is 2. The van der Waals surface area contributed by atoms with Gasteiger partial charge in [0.25, 0.3) is 0 Å². The molecular formula is C21H28N4O2. The molecule has 4 heterocycles. The lowest BCUT2D eigenvalue weighted by atomic mass is 9.95. The zero-order valence-corrected chi connectivity index (χ0v) is 16.2. The molecule has 6 nitrogen and oxygen atoms in total. The Balaban J connectivity index is 1.31. The van der Waals surface area contributed by atoms with Crippen LogP contribution in [0.15, 0.2) is 29.0 Å². The van der Waals surface area contributed by atoms with Crippen molar-refractivity contribution in [3.8, 4) is 0 Å². The molecule has 0 radical (unpaired) electrons. The lowest BCUT2D eigenvalue weighted by Gasteiger charge is -2.32. The summed E-state index contributed by atoms with van der Waals surface area (Å²) in [6.07, 6.45) is 6.34. The number of amides is 1. The summed E-state index contributed by atoms with van der Waals surface area (Å²) < 4.78 is 5.43. The SMILES string of the molecule is CC(C)Cc1ncc2c(n1)CN(C(=O)C1CCN(Cc3ccco3)CC1)C2. The molecule has 27 heavy (non-hydrogen) atoms. The molecule has 2 aromatic heterocycles. The number of carbonyl (C=O) groups is 1. The van der Waals surface area contributed by atoms with Gasteiger partial charge in [-0.3, -0.25) is 9.69 Å². The van der Waals surface area contributed by atoms with E-state index in [0.717, 1.165) is 61.7 Å². The van der Waals surface area contributed by atoms with Crippen molar-refractivity contribution in [1.82, 2.24) is 19.8 Å². The highest BCUT2D eigenvalue weighted by molar-refractivity contribution is 5.79. The molecule has 0 atom stereocenters. The second-order valence-electron chi connectivity index (χ2n) is 8.18. The number of nitrogens with zero attached hydrogens (tertiary/aromatic N) is 4. The maximum Gasteiger partial charge on any atom is 0.226 e. The standard InChI is InChI=1S/C21H28N4O2/c1-15(2)10-20-22-11-17-12-25(14-19(17)23-20)21(26)16-5-7-24(8-6-16)13-18-4-3-9-27-18/h3-4,9,11,15-16H,5-8,10,12-14H2,1-2H3. The van der Waals surface area contributed by atoms with Crippen molar-refractivity contribution in [1.29, 1.82) is 0 Å². The summed E-state index contributed by atoms with van der Waals surface area (Å²) in [6, 6.07) is 3.93. The van der Waals surface area contributed by atoms with Crippen molar-refractivity contribution in [3.05, 3.63) is 47.4 Å². The fourth-order valence-corrected chi connectivity index (χ4v) is 4.03. The van der Waals surface area contributed by atoms with Gasteiger partial charge in [0, 0.05) is 30.6 Å². The lowest BCUT2D eigenvalue weighted by molar-refractivity contribution is -0.137. The molecule has 2 aromatic rings. The van der Waals surface area contributed by atoms with E-state index in [2.05, 4.69) is 23.7 Å². The molecule has 0 N–H and O–H groups in total. The van der Waals surface area contributed by atoms with Crippen LogP contribution in [0.5, 0.6) is 0 Å². The Morgan fingerprint density at radius 2 is 2.11 bits per heavy atom. The highest BCUT2D eigenvalue weighted by Crippen LogP contribution is 2.27. The second-order valence-corrected chi connectivity index (χ2v) is 8.18. The normalized spacial score (nSPS) is 18.3. The Morgan fingerprint density at radius 3 is 2.81 bits per heavy atom. The van der Waals surface area contributed by atoms with Crippen LogP contribution < -0.4 is 0 Å². The molecule has 6 heteroatoms. The highest BCUT2D eigenvalue weighted by atomic mass is 16.3. The van der Waals surface area contributed by atoms with E-state index in [1.165, 1.54) is 0 Å². The molecule has 1 saturated heterocycles. The second kappa shape index (κ2) is 7.80. The zero-order chi connectivity index (χ0) is 18.8. The Bertz CT molecular complexity index is 779. The number of hydrogen-bond donors (Lipinski definition) is 0. The van der Waals surface area contributed by atoms with Gasteiger partial charge >= 0.3 is 0 Å². The average molecular weight is 368 g/mol. The molecule has 0 spiro atoms. The molecule has 0 aromatic carbocycles. The summed E-state index contributed by atoms with van der Waals surface area (Å²) in [5.74, 6) is 2.81. The fraction of sp³-hybridized carbons (Fsp3) is 0.571. The Morgan fingerprint density at radius 1 is 1.30 bits per heavy atom. The average Bonchev–Trinajstić information content (AvgIpc) is 3.30. The Labute approximate surface area is 160 Å². The molecular weight excluding hydrogens is 340 g/mol. The third-order valence-electron chi connectivity index (χ3n) is 5.50. The highest BCUT2D eigenvalue weighted by Gasteiger charge is 2.32. The van der Waals surface area contributed by atoms with Gasteiger partial charge in [0.05, 0.1) is 25.0 Å². The van der Waals surface area contributed by atoms with E-state index in [4.69, 9.17) is 9.40 Å². The Kier molecular flexibility index (Phi) is 5.25. The molecule has 2 aliphatic heterocycles. The summed E-state index contributed by atoms with van der Waals surface area (Å²) in [4.78, 5) is 26.5. The van der Waals surface area contributed by atoms with Gasteiger partial charge in [-0.25, -0.2) is 9.97 Å². The summed E-state index contributed by atoms with van der Waals surface area (Å²) >= 11 is 0. The van der Waals surface area contributed by atoms with E-state index >= 15 is 0 Å². The number of likely N-dealkylation sites (tertiary alicyclic amines) is 1. The van der Waals surface area contributed by atoms with E-state index in [0.29, 0.717) is 19.0 Å². The molecule has 144 valence electrons. The van der Waals surface area contributed by atoms with Crippen molar-refractivity contribution >= 4 is 5.91 Å². The van der Waals surface area contributed by atoms with E-state index < -0.39 is 0 Å². The van der Waals surface area contributed by atoms with Crippen LogP contribution >= 0.6 is 0 Å². The van der Waals surface area contributed by atoms with Crippen LogP contribution in [-0.4, -0.2) is 38.8 Å². The predicted octanol–water partition coefficient (Wildman–Crippen LogP) is 3.02. The van der Waals surface area contributed by atoms with Crippen molar-refractivity contribution in [2.75, 3.05) is 13.1 Å². The fourth-order valence-electron chi connectivity index (χ4n) is 4.03. The van der Waals surface area contributed by atoms with Crippen molar-refractivity contribution < 1.29 is 9.21 Å². The van der Waals surface area contributed by atoms with Crippen molar-refractivity contribution in [3.63, 3.8) is 0 Å². The first kappa shape index (κ1) is 18.2. The topological polar surface area (TPSA) is 62.5 Å². The first-order valence-corrected chi connectivity index (χ1v) is 9.95. The number of rotatable bonds is 5. The van der Waals surface area contributed by atoms with Gasteiger partial charge in [0.15, 0.2) is 0 Å². The van der Waals surface area contributed by atoms with Crippen LogP contribution in [0.2, 0.25) is 0 Å². The number of fused-ring (bicyclic) bond motifs is 1. The predicted molar refractivity (Wildman–Crippen MR) is 102 cm³/mol. The molecule has 0 aliphatic carbocycles. The lowest BCUT2D eigenvalue weighted by Crippen LogP contribution is -2.40. The van der Waals surface area contributed by atoms with Gasteiger partial charge in [0.2, 0.25) is 5.91 Å². The first-order chi connectivity index (χ1) is 13.1. The van der Waals surface area contributed by atoms with Crippen LogP contribution in [0.3, 0.4) is 0 Å². The minimum Gasteiger partial charge on any atom is -0.468 e. The monoisotopic (exact) mass is 368 g/mol. The smallest absolute Gasteiger partial charge is 0.226 e. The van der Waals surface area contributed by atoms with Gasteiger partial charge in [-0.2, -0.15) is 0 Å². The maximum atomic E-state index is 13.0. The summed E-state index contributed by atoms with van der Waals surface area (Å²) in [7, 11) is 0. The maximum absolute atomic E-state index is 13.0. The molecule has 1 fully saturated rings. The van der Waals surface area contributed by atoms with Gasteiger partial charge < -0.3 is 9.32 Å². The third-order valence-corrected chi connectivity index (χ3v) is 5.50. The van der Waals surface area contributed by atoms with Gasteiger partial charge in [-0.15, -0.1) is 0 Å². The van der Waals surface area contributed by atoms with Crippen LogP contribution in [0, 0.1) is 11.8 Å². The van der Waals surface area contributed by atoms with E-state index in [9.17, 15) is 4.79 Å². The Hall–Kier alpha value is -2.21. The van der Waals surface area contributed by atoms with E-state index in [1.807, 2.05) is 23.2 Å². The molecule has 0 unspecified atom stereocenters. The zero-order valence-electron chi connectivity index (χ0n) is 16.2. The number of carbonyl (C=O) groups excluding carboxylic acids is 1. The van der Waals surface area contributed by atoms with Crippen LogP contribution in [-0.2, 0) is 30.8 Å². The minimum absolute atomic E-state index is 0.121. The van der Waals surface area contributed by atoms with Crippen molar-refractivity contribution in [2.45, 2.75) is 52.7 Å². The van der Waals surface area contributed by atoms with E-state index in [1.54, 1.807) is 6.26 Å². The summed E-state index contributed by atoms with van der Waals surface area (Å²) in [5.41, 5.74) is 2.13. The summed E-state index contributed by atoms with van der Waals surface area (Å²) in [5, 5.41) is 0. The minimum atomic E-state index is 0.121. The van der Waals surface area contributed by atoms with Gasteiger partial charge in [0.1, 0.15) is 11.6 Å².